The van der Waals surface area contributed by atoms with Crippen molar-refractivity contribution in [3.05, 3.63) is 64.9 Å². The maximum atomic E-state index is 13.4. The van der Waals surface area contributed by atoms with Gasteiger partial charge in [0, 0.05) is 24.1 Å². The van der Waals surface area contributed by atoms with Crippen molar-refractivity contribution in [2.75, 3.05) is 20.3 Å². The Labute approximate surface area is 174 Å². The van der Waals surface area contributed by atoms with Crippen LogP contribution in [0.4, 0.5) is 4.39 Å². The highest BCUT2D eigenvalue weighted by atomic mass is 19.1. The summed E-state index contributed by atoms with van der Waals surface area (Å²) in [5.41, 5.74) is 5.30. The van der Waals surface area contributed by atoms with E-state index in [1.165, 1.54) is 12.3 Å². The van der Waals surface area contributed by atoms with Crippen LogP contribution in [0.5, 0.6) is 0 Å². The summed E-state index contributed by atoms with van der Waals surface area (Å²) >= 11 is 0. The lowest BCUT2D eigenvalue weighted by atomic mass is 9.83. The fourth-order valence-electron chi connectivity index (χ4n) is 3.80. The second kappa shape index (κ2) is 7.87. The van der Waals surface area contributed by atoms with Crippen molar-refractivity contribution in [1.29, 1.82) is 0 Å². The predicted molar refractivity (Wildman–Crippen MR) is 115 cm³/mol. The Balaban J connectivity index is 1.70. The number of H-pyrrole nitrogens is 1. The van der Waals surface area contributed by atoms with Gasteiger partial charge < -0.3 is 14.6 Å². The van der Waals surface area contributed by atoms with Crippen LogP contribution in [-0.4, -0.2) is 61.2 Å². The molecule has 3 heterocycles. The monoisotopic (exact) mass is 405 g/mol. The molecular weight excluding hydrogens is 384 g/mol. The van der Waals surface area contributed by atoms with Crippen LogP contribution in [-0.2, 0) is 4.74 Å². The predicted octanol–water partition coefficient (Wildman–Crippen LogP) is 1.64. The zero-order chi connectivity index (χ0) is 21.4. The smallest absolute Gasteiger partial charge is 0.270 e. The van der Waals surface area contributed by atoms with E-state index in [1.54, 1.807) is 18.0 Å². The summed E-state index contributed by atoms with van der Waals surface area (Å²) < 4.78 is 19.0. The molecule has 2 aromatic heterocycles. The van der Waals surface area contributed by atoms with E-state index in [1.807, 2.05) is 33.0 Å². The molecule has 0 saturated heterocycles. The molecule has 1 aliphatic heterocycles. The number of likely N-dealkylation sites (N-methyl/N-ethyl adjacent to an activating group) is 1. The maximum Gasteiger partial charge on any atom is 0.270 e. The summed E-state index contributed by atoms with van der Waals surface area (Å²) in [6, 6.07) is 6.38. The number of hydrogen-bond donors (Lipinski definition) is 1. The molecule has 0 saturated carbocycles. The van der Waals surface area contributed by atoms with Gasteiger partial charge >= 0.3 is 0 Å². The summed E-state index contributed by atoms with van der Waals surface area (Å²) in [5, 5.41) is 0.576. The van der Waals surface area contributed by atoms with Crippen molar-refractivity contribution in [2.45, 2.75) is 13.0 Å². The first-order valence-corrected chi connectivity index (χ1v) is 9.65. The van der Waals surface area contributed by atoms with Crippen LogP contribution in [0, 0.1) is 12.9 Å². The zero-order valence-corrected chi connectivity index (χ0v) is 17.0. The Kier molecular flexibility index (Phi) is 5.26. The van der Waals surface area contributed by atoms with E-state index in [-0.39, 0.29) is 11.9 Å². The average molecular weight is 405 g/mol. The van der Waals surface area contributed by atoms with Crippen molar-refractivity contribution in [1.82, 2.24) is 14.9 Å². The van der Waals surface area contributed by atoms with E-state index in [4.69, 9.17) is 4.74 Å². The highest BCUT2D eigenvalue weighted by Crippen LogP contribution is 2.28. The molecule has 3 aromatic rings. The van der Waals surface area contributed by atoms with E-state index in [0.29, 0.717) is 35.4 Å². The SMILES string of the molecule is Bc1cc(C2=CCOCC2N(C)C(=O)c2cc3cc(F)ncc3[nH]2)c(C=O)cc1C. The van der Waals surface area contributed by atoms with Gasteiger partial charge in [0.25, 0.3) is 5.91 Å². The Morgan fingerprint density at radius 2 is 2.17 bits per heavy atom. The molecule has 6 nitrogen and oxygen atoms in total. The van der Waals surface area contributed by atoms with Gasteiger partial charge in [-0.25, -0.2) is 4.98 Å². The van der Waals surface area contributed by atoms with Gasteiger partial charge in [-0.15, -0.1) is 0 Å². The van der Waals surface area contributed by atoms with Crippen molar-refractivity contribution < 1.29 is 18.7 Å². The van der Waals surface area contributed by atoms with E-state index < -0.39 is 5.95 Å². The largest absolute Gasteiger partial charge is 0.375 e. The molecule has 8 heteroatoms. The number of aromatic nitrogens is 2. The Morgan fingerprint density at radius 3 is 2.93 bits per heavy atom. The van der Waals surface area contributed by atoms with Crippen LogP contribution >= 0.6 is 0 Å². The van der Waals surface area contributed by atoms with Gasteiger partial charge in [0.05, 0.1) is 31.0 Å². The van der Waals surface area contributed by atoms with Crippen LogP contribution in [0.25, 0.3) is 16.5 Å². The van der Waals surface area contributed by atoms with Crippen molar-refractivity contribution >= 4 is 42.0 Å². The van der Waals surface area contributed by atoms with Crippen molar-refractivity contribution in [3.63, 3.8) is 0 Å². The Hall–Kier alpha value is -3.26. The average Bonchev–Trinajstić information content (AvgIpc) is 3.17. The number of ether oxygens (including phenoxy) is 1. The van der Waals surface area contributed by atoms with Crippen LogP contribution in [0.2, 0.25) is 0 Å². The lowest BCUT2D eigenvalue weighted by Gasteiger charge is -2.33. The first-order valence-electron chi connectivity index (χ1n) is 9.65. The minimum Gasteiger partial charge on any atom is -0.375 e. The molecule has 0 fully saturated rings. The maximum absolute atomic E-state index is 13.4. The lowest BCUT2D eigenvalue weighted by Crippen LogP contribution is -2.43. The molecule has 1 N–H and O–H groups in total. The minimum atomic E-state index is -0.601. The molecule has 0 spiro atoms. The molecule has 30 heavy (non-hydrogen) atoms. The number of aryl methyl sites for hydroxylation is 1. The molecule has 1 unspecified atom stereocenters. The summed E-state index contributed by atoms with van der Waals surface area (Å²) in [4.78, 5) is 33.1. The van der Waals surface area contributed by atoms with Crippen molar-refractivity contribution in [2.24, 2.45) is 0 Å². The van der Waals surface area contributed by atoms with Gasteiger partial charge in [0.2, 0.25) is 5.95 Å². The number of halogens is 1. The minimum absolute atomic E-state index is 0.260. The first kappa shape index (κ1) is 20.0. The molecule has 1 amide bonds. The molecule has 0 radical (unpaired) electrons. The molecule has 152 valence electrons. The zero-order valence-electron chi connectivity index (χ0n) is 17.0. The topological polar surface area (TPSA) is 75.3 Å². The summed E-state index contributed by atoms with van der Waals surface area (Å²) in [7, 11) is 3.69. The molecule has 0 aliphatic carbocycles. The number of aromatic amines is 1. The number of pyridine rings is 1. The summed E-state index contributed by atoms with van der Waals surface area (Å²) in [5.74, 6) is -0.861. The van der Waals surface area contributed by atoms with Gasteiger partial charge in [-0.05, 0) is 30.2 Å². The number of nitrogens with zero attached hydrogens (tertiary/aromatic N) is 2. The van der Waals surface area contributed by atoms with E-state index in [0.717, 1.165) is 28.4 Å². The number of fused-ring (bicyclic) bond motifs is 1. The Bertz CT molecular complexity index is 1190. The molecular formula is C22H21BFN3O3. The van der Waals surface area contributed by atoms with Gasteiger partial charge in [0.1, 0.15) is 13.5 Å². The number of carbonyl (C=O) groups excluding carboxylic acids is 2. The van der Waals surface area contributed by atoms with Gasteiger partial charge in [-0.2, -0.15) is 4.39 Å². The number of carbonyl (C=O) groups is 2. The highest BCUT2D eigenvalue weighted by Gasteiger charge is 2.29. The van der Waals surface area contributed by atoms with Crippen molar-refractivity contribution in [3.8, 4) is 0 Å². The lowest BCUT2D eigenvalue weighted by molar-refractivity contribution is 0.0616. The summed E-state index contributed by atoms with van der Waals surface area (Å²) in [6.45, 7) is 2.69. The normalized spacial score (nSPS) is 16.4. The van der Waals surface area contributed by atoms with E-state index in [2.05, 4.69) is 9.97 Å². The van der Waals surface area contributed by atoms with Crippen LogP contribution in [0.15, 0.2) is 36.5 Å². The highest BCUT2D eigenvalue weighted by molar-refractivity contribution is 6.33. The third kappa shape index (κ3) is 3.54. The fourth-order valence-corrected chi connectivity index (χ4v) is 3.80. The van der Waals surface area contributed by atoms with E-state index in [9.17, 15) is 14.0 Å². The third-order valence-corrected chi connectivity index (χ3v) is 5.65. The van der Waals surface area contributed by atoms with Crippen LogP contribution in [0.3, 0.4) is 0 Å². The number of aldehydes is 1. The molecule has 1 atom stereocenters. The molecule has 1 aliphatic rings. The van der Waals surface area contributed by atoms with E-state index >= 15 is 0 Å². The molecule has 0 bridgehead atoms. The number of nitrogens with one attached hydrogen (secondary N) is 1. The molecule has 4 rings (SSSR count). The Morgan fingerprint density at radius 1 is 1.37 bits per heavy atom. The van der Waals surface area contributed by atoms with Gasteiger partial charge in [-0.3, -0.25) is 9.59 Å². The molecule has 1 aromatic carbocycles. The van der Waals surface area contributed by atoms with Gasteiger partial charge in [0.15, 0.2) is 6.29 Å². The fraction of sp³-hybridized carbons (Fsp3) is 0.227. The number of amides is 1. The quantitative estimate of drug-likeness (QED) is 0.407. The third-order valence-electron chi connectivity index (χ3n) is 5.65. The summed E-state index contributed by atoms with van der Waals surface area (Å²) in [6.07, 6.45) is 4.12. The van der Waals surface area contributed by atoms with Crippen LogP contribution < -0.4 is 5.46 Å². The van der Waals surface area contributed by atoms with Gasteiger partial charge in [-0.1, -0.05) is 23.2 Å². The standard InChI is InChI=1S/C22H21BFN3O3/c1-12-5-14(10-28)16(8-17(12)23)15-3-4-30-11-20(15)27(2)22(29)18-6-13-7-21(24)25-9-19(13)26-18/h3,5-10,20,26H,4,11,23H2,1-2H3. The van der Waals surface area contributed by atoms with Crippen LogP contribution in [0.1, 0.15) is 32.0 Å². The number of benzene rings is 1. The first-order chi connectivity index (χ1) is 14.4. The second-order valence-electron chi connectivity index (χ2n) is 7.55. The number of rotatable bonds is 4. The number of hydrogen-bond acceptors (Lipinski definition) is 4. The second-order valence-corrected chi connectivity index (χ2v) is 7.55.